The van der Waals surface area contributed by atoms with Crippen LogP contribution in [0.25, 0.3) is 0 Å². The lowest BCUT2D eigenvalue weighted by Crippen LogP contribution is -2.21. The van der Waals surface area contributed by atoms with Crippen LogP contribution in [0.4, 0.5) is 11.6 Å². The highest BCUT2D eigenvalue weighted by Crippen LogP contribution is 2.30. The predicted octanol–water partition coefficient (Wildman–Crippen LogP) is 2.67. The summed E-state index contributed by atoms with van der Waals surface area (Å²) in [4.78, 5) is 15.2. The second kappa shape index (κ2) is 6.32. The van der Waals surface area contributed by atoms with Gasteiger partial charge in [0.25, 0.3) is 0 Å². The Balaban J connectivity index is 2.32. The molecule has 0 saturated carbocycles. The molecule has 2 aromatic rings. The van der Waals surface area contributed by atoms with E-state index < -0.39 is 0 Å². The van der Waals surface area contributed by atoms with Crippen LogP contribution in [-0.2, 0) is 6.54 Å². The largest absolute Gasteiger partial charge is 0.373 e. The first kappa shape index (κ1) is 14.2. The summed E-state index contributed by atoms with van der Waals surface area (Å²) in [6.07, 6.45) is 3.41. The molecule has 0 atom stereocenters. The van der Waals surface area contributed by atoms with Crippen LogP contribution in [-0.4, -0.2) is 29.0 Å². The topological polar surface area (TPSA) is 53.9 Å². The van der Waals surface area contributed by atoms with Crippen LogP contribution in [0.5, 0.6) is 0 Å². The number of nitrogens with zero attached hydrogens (tertiary/aromatic N) is 4. The predicted molar refractivity (Wildman–Crippen MR) is 82.0 cm³/mol. The van der Waals surface area contributed by atoms with Crippen molar-refractivity contribution in [1.82, 2.24) is 15.0 Å². The van der Waals surface area contributed by atoms with Crippen molar-refractivity contribution < 1.29 is 0 Å². The zero-order valence-electron chi connectivity index (χ0n) is 12.5. The first-order valence-corrected chi connectivity index (χ1v) is 6.77. The fourth-order valence-electron chi connectivity index (χ4n) is 2.23. The fourth-order valence-corrected chi connectivity index (χ4v) is 2.23. The molecule has 0 bridgehead atoms. The first-order chi connectivity index (χ1) is 9.63. The van der Waals surface area contributed by atoms with Gasteiger partial charge in [0.05, 0.1) is 12.2 Å². The molecule has 5 heteroatoms. The van der Waals surface area contributed by atoms with E-state index in [1.165, 1.54) is 0 Å². The Labute approximate surface area is 120 Å². The summed E-state index contributed by atoms with van der Waals surface area (Å²) in [6.45, 7) is 5.02. The average Bonchev–Trinajstić information content (AvgIpc) is 2.47. The molecule has 0 amide bonds. The van der Waals surface area contributed by atoms with Crippen LogP contribution in [0.1, 0.15) is 31.0 Å². The number of anilines is 2. The number of hydrogen-bond acceptors (Lipinski definition) is 5. The summed E-state index contributed by atoms with van der Waals surface area (Å²) in [5, 5.41) is 3.14. The molecular formula is C15H21N5. The quantitative estimate of drug-likeness (QED) is 0.906. The molecule has 0 aliphatic heterocycles. The van der Waals surface area contributed by atoms with E-state index in [2.05, 4.69) is 39.0 Å². The summed E-state index contributed by atoms with van der Waals surface area (Å²) >= 11 is 0. The lowest BCUT2D eigenvalue weighted by molar-refractivity contribution is 0.801. The fraction of sp³-hybridized carbons (Fsp3) is 0.400. The molecule has 2 aromatic heterocycles. The Hall–Kier alpha value is -2.17. The summed E-state index contributed by atoms with van der Waals surface area (Å²) < 4.78 is 0. The third-order valence-electron chi connectivity index (χ3n) is 3.16. The Kier molecular flexibility index (Phi) is 4.50. The van der Waals surface area contributed by atoms with Gasteiger partial charge in [-0.3, -0.25) is 4.98 Å². The first-order valence-electron chi connectivity index (χ1n) is 6.77. The van der Waals surface area contributed by atoms with Crippen LogP contribution in [0.2, 0.25) is 0 Å². The van der Waals surface area contributed by atoms with E-state index in [1.807, 2.05) is 38.5 Å². The number of rotatable bonds is 5. The van der Waals surface area contributed by atoms with Gasteiger partial charge in [-0.25, -0.2) is 9.97 Å². The number of pyridine rings is 1. The monoisotopic (exact) mass is 271 g/mol. The van der Waals surface area contributed by atoms with Crippen molar-refractivity contribution in [2.24, 2.45) is 0 Å². The van der Waals surface area contributed by atoms with Crippen LogP contribution in [0.15, 0.2) is 30.7 Å². The number of hydrogen-bond donors (Lipinski definition) is 1. The Morgan fingerprint density at radius 1 is 1.20 bits per heavy atom. The maximum atomic E-state index is 4.45. The maximum Gasteiger partial charge on any atom is 0.137 e. The van der Waals surface area contributed by atoms with Crippen LogP contribution in [0.3, 0.4) is 0 Å². The molecule has 0 aliphatic rings. The van der Waals surface area contributed by atoms with Crippen molar-refractivity contribution in [3.63, 3.8) is 0 Å². The molecule has 0 fully saturated rings. The third-order valence-corrected chi connectivity index (χ3v) is 3.16. The van der Waals surface area contributed by atoms with E-state index in [4.69, 9.17) is 0 Å². The average molecular weight is 271 g/mol. The standard InChI is InChI=1S/C15H21N5/c1-11(2)13-14(16-3)18-10-19-15(13)20(4)9-12-7-5-6-8-17-12/h5-8,10-11H,9H2,1-4H3,(H,16,18,19). The third kappa shape index (κ3) is 3.04. The Bertz CT molecular complexity index is 553. The van der Waals surface area contributed by atoms with Crippen LogP contribution >= 0.6 is 0 Å². The van der Waals surface area contributed by atoms with Gasteiger partial charge < -0.3 is 10.2 Å². The molecule has 20 heavy (non-hydrogen) atoms. The number of nitrogens with one attached hydrogen (secondary N) is 1. The van der Waals surface area contributed by atoms with E-state index in [0.29, 0.717) is 5.92 Å². The summed E-state index contributed by atoms with van der Waals surface area (Å²) in [7, 11) is 3.92. The molecule has 0 spiro atoms. The highest BCUT2D eigenvalue weighted by atomic mass is 15.2. The van der Waals surface area contributed by atoms with E-state index in [1.54, 1.807) is 6.33 Å². The summed E-state index contributed by atoms with van der Waals surface area (Å²) in [6, 6.07) is 5.94. The lowest BCUT2D eigenvalue weighted by atomic mass is 10.0. The zero-order chi connectivity index (χ0) is 14.5. The molecule has 0 unspecified atom stereocenters. The molecule has 5 nitrogen and oxygen atoms in total. The smallest absolute Gasteiger partial charge is 0.137 e. The van der Waals surface area contributed by atoms with Gasteiger partial charge in [-0.05, 0) is 18.1 Å². The van der Waals surface area contributed by atoms with Crippen molar-refractivity contribution >= 4 is 11.6 Å². The SMILES string of the molecule is CNc1ncnc(N(C)Cc2ccccn2)c1C(C)C. The van der Waals surface area contributed by atoms with Crippen LogP contribution < -0.4 is 10.2 Å². The molecule has 2 rings (SSSR count). The van der Waals surface area contributed by atoms with Crippen molar-refractivity contribution in [2.75, 3.05) is 24.3 Å². The minimum absolute atomic E-state index is 0.347. The second-order valence-corrected chi connectivity index (χ2v) is 5.04. The van der Waals surface area contributed by atoms with Gasteiger partial charge in [0, 0.05) is 25.9 Å². The molecule has 1 N–H and O–H groups in total. The molecular weight excluding hydrogens is 250 g/mol. The van der Waals surface area contributed by atoms with E-state index in [0.717, 1.165) is 29.4 Å². The minimum Gasteiger partial charge on any atom is -0.373 e. The highest BCUT2D eigenvalue weighted by Gasteiger charge is 2.17. The van der Waals surface area contributed by atoms with Gasteiger partial charge >= 0.3 is 0 Å². The Morgan fingerprint density at radius 3 is 2.60 bits per heavy atom. The lowest BCUT2D eigenvalue weighted by Gasteiger charge is -2.23. The normalized spacial score (nSPS) is 10.7. The molecule has 106 valence electrons. The van der Waals surface area contributed by atoms with Gasteiger partial charge in [-0.2, -0.15) is 0 Å². The Morgan fingerprint density at radius 2 is 2.00 bits per heavy atom. The highest BCUT2D eigenvalue weighted by molar-refractivity contribution is 5.59. The second-order valence-electron chi connectivity index (χ2n) is 5.04. The molecule has 2 heterocycles. The molecule has 0 saturated heterocycles. The van der Waals surface area contributed by atoms with Crippen molar-refractivity contribution in [1.29, 1.82) is 0 Å². The molecule has 0 radical (unpaired) electrons. The minimum atomic E-state index is 0.347. The van der Waals surface area contributed by atoms with E-state index in [-0.39, 0.29) is 0 Å². The van der Waals surface area contributed by atoms with Gasteiger partial charge in [0.15, 0.2) is 0 Å². The number of aromatic nitrogens is 3. The van der Waals surface area contributed by atoms with Crippen molar-refractivity contribution in [3.8, 4) is 0 Å². The molecule has 0 aliphatic carbocycles. The van der Waals surface area contributed by atoms with Crippen molar-refractivity contribution in [3.05, 3.63) is 42.0 Å². The van der Waals surface area contributed by atoms with Crippen LogP contribution in [0, 0.1) is 0 Å². The summed E-state index contributed by atoms with van der Waals surface area (Å²) in [5.41, 5.74) is 2.16. The molecule has 0 aromatic carbocycles. The van der Waals surface area contributed by atoms with E-state index in [9.17, 15) is 0 Å². The van der Waals surface area contributed by atoms with Gasteiger partial charge in [-0.15, -0.1) is 0 Å². The zero-order valence-corrected chi connectivity index (χ0v) is 12.5. The van der Waals surface area contributed by atoms with Gasteiger partial charge in [-0.1, -0.05) is 19.9 Å². The van der Waals surface area contributed by atoms with E-state index >= 15 is 0 Å². The van der Waals surface area contributed by atoms with Crippen molar-refractivity contribution in [2.45, 2.75) is 26.3 Å². The summed E-state index contributed by atoms with van der Waals surface area (Å²) in [5.74, 6) is 2.18. The maximum absolute atomic E-state index is 4.45. The van der Waals surface area contributed by atoms with Gasteiger partial charge in [0.1, 0.15) is 18.0 Å². The van der Waals surface area contributed by atoms with Gasteiger partial charge in [0.2, 0.25) is 0 Å².